The number of carbonyl (C=O) groups excluding carboxylic acids is 2. The van der Waals surface area contributed by atoms with Gasteiger partial charge < -0.3 is 21.3 Å². The van der Waals surface area contributed by atoms with Gasteiger partial charge in [-0.25, -0.2) is 18.7 Å². The zero-order valence-electron chi connectivity index (χ0n) is 17.5. The second-order valence-corrected chi connectivity index (χ2v) is 7.91. The van der Waals surface area contributed by atoms with E-state index in [-0.39, 0.29) is 24.4 Å². The van der Waals surface area contributed by atoms with Gasteiger partial charge in [-0.3, -0.25) is 9.59 Å². The fourth-order valence-corrected chi connectivity index (χ4v) is 3.32. The number of amides is 2. The number of halogens is 2. The fraction of sp³-hybridized carbons (Fsp3) is 0.318. The maximum absolute atomic E-state index is 14.2. The van der Waals surface area contributed by atoms with Crippen LogP contribution in [0.5, 0.6) is 0 Å². The highest BCUT2D eigenvalue weighted by molar-refractivity contribution is 5.99. The number of guanidine groups is 1. The zero-order valence-corrected chi connectivity index (χ0v) is 17.5. The van der Waals surface area contributed by atoms with Crippen LogP contribution in [0.15, 0.2) is 47.5 Å². The first-order valence-electron chi connectivity index (χ1n) is 9.94. The molecule has 0 saturated carbocycles. The molecule has 0 aromatic heterocycles. The first kappa shape index (κ1) is 23.3. The minimum Gasteiger partial charge on any atom is -0.369 e. The van der Waals surface area contributed by atoms with Crippen LogP contribution >= 0.6 is 0 Å². The number of aliphatic imine (C=N–C) groups is 1. The molecule has 0 bridgehead atoms. The van der Waals surface area contributed by atoms with Gasteiger partial charge in [-0.2, -0.15) is 0 Å². The Balaban J connectivity index is 1.85. The summed E-state index contributed by atoms with van der Waals surface area (Å²) in [5, 5.41) is 23.9. The van der Waals surface area contributed by atoms with Crippen molar-refractivity contribution in [3.05, 3.63) is 70.8 Å². The van der Waals surface area contributed by atoms with Crippen LogP contribution < -0.4 is 11.1 Å². The topological polar surface area (TPSA) is 128 Å². The largest absolute Gasteiger partial charge is 0.369 e. The van der Waals surface area contributed by atoms with Gasteiger partial charge >= 0.3 is 0 Å². The molecule has 2 aromatic carbocycles. The Morgan fingerprint density at radius 2 is 1.88 bits per heavy atom. The highest BCUT2D eigenvalue weighted by Crippen LogP contribution is 2.29. The maximum atomic E-state index is 14.2. The van der Waals surface area contributed by atoms with Crippen molar-refractivity contribution in [1.29, 1.82) is 0 Å². The van der Waals surface area contributed by atoms with Crippen molar-refractivity contribution in [1.82, 2.24) is 10.2 Å². The second-order valence-electron chi connectivity index (χ2n) is 7.91. The van der Waals surface area contributed by atoms with Crippen molar-refractivity contribution in [3.8, 4) is 0 Å². The molecule has 1 heterocycles. The molecule has 0 radical (unpaired) electrons. The Kier molecular flexibility index (Phi) is 6.56. The minimum absolute atomic E-state index is 0.00277. The summed E-state index contributed by atoms with van der Waals surface area (Å²) >= 11 is 0. The highest BCUT2D eigenvalue weighted by atomic mass is 19.1. The lowest BCUT2D eigenvalue weighted by Crippen LogP contribution is -2.58. The molecule has 3 rings (SSSR count). The van der Waals surface area contributed by atoms with E-state index >= 15 is 0 Å². The number of aliphatic hydroxyl groups is 2. The molecule has 2 amide bonds. The van der Waals surface area contributed by atoms with Crippen molar-refractivity contribution in [2.45, 2.75) is 38.8 Å². The number of nitrogens with one attached hydrogen (secondary N) is 1. The van der Waals surface area contributed by atoms with E-state index in [0.29, 0.717) is 10.5 Å². The summed E-state index contributed by atoms with van der Waals surface area (Å²) in [7, 11) is 0. The van der Waals surface area contributed by atoms with Crippen molar-refractivity contribution < 1.29 is 28.6 Å². The number of carbonyl (C=O) groups is 2. The van der Waals surface area contributed by atoms with Gasteiger partial charge in [-0.05, 0) is 41.8 Å². The average molecular weight is 446 g/mol. The lowest BCUT2D eigenvalue weighted by Gasteiger charge is -2.38. The van der Waals surface area contributed by atoms with E-state index < -0.39 is 46.9 Å². The van der Waals surface area contributed by atoms with E-state index in [9.17, 15) is 28.6 Å². The van der Waals surface area contributed by atoms with Crippen molar-refractivity contribution >= 4 is 17.8 Å². The number of nitrogens with zero attached hydrogens (tertiary/aromatic N) is 2. The SMILES string of the molecule is CC(C)C1CC(=O)N(C(O)(O)c2cc(F)cc(C(=O)NCc3ccc(F)cc3)c2)C(N)=N1. The van der Waals surface area contributed by atoms with Gasteiger partial charge in [0.15, 0.2) is 0 Å². The van der Waals surface area contributed by atoms with E-state index in [1.165, 1.54) is 24.3 Å². The molecular weight excluding hydrogens is 422 g/mol. The lowest BCUT2D eigenvalue weighted by molar-refractivity contribution is -0.247. The summed E-state index contributed by atoms with van der Waals surface area (Å²) in [6.45, 7) is 3.73. The van der Waals surface area contributed by atoms with E-state index in [0.717, 1.165) is 18.2 Å². The van der Waals surface area contributed by atoms with Crippen LogP contribution in [0.1, 0.15) is 41.8 Å². The van der Waals surface area contributed by atoms with E-state index in [1.54, 1.807) is 0 Å². The van der Waals surface area contributed by atoms with Crippen molar-refractivity contribution in [2.75, 3.05) is 0 Å². The van der Waals surface area contributed by atoms with Crippen LogP contribution in [0, 0.1) is 17.6 Å². The van der Waals surface area contributed by atoms with Crippen LogP contribution in [-0.2, 0) is 17.3 Å². The number of rotatable bonds is 6. The quantitative estimate of drug-likeness (QED) is 0.501. The predicted molar refractivity (Wildman–Crippen MR) is 112 cm³/mol. The molecular formula is C22H24F2N4O4. The lowest BCUT2D eigenvalue weighted by atomic mass is 9.98. The second kappa shape index (κ2) is 9.01. The summed E-state index contributed by atoms with van der Waals surface area (Å²) in [5.41, 5.74) is 5.74. The summed E-state index contributed by atoms with van der Waals surface area (Å²) in [6, 6.07) is 7.74. The summed E-state index contributed by atoms with van der Waals surface area (Å²) < 4.78 is 27.2. The molecule has 0 spiro atoms. The number of hydrogen-bond donors (Lipinski definition) is 4. The molecule has 1 atom stereocenters. The first-order chi connectivity index (χ1) is 15.0. The number of nitrogens with two attached hydrogens (primary N) is 1. The smallest absolute Gasteiger partial charge is 0.284 e. The molecule has 1 unspecified atom stereocenters. The van der Waals surface area contributed by atoms with Gasteiger partial charge in [-0.15, -0.1) is 0 Å². The monoisotopic (exact) mass is 446 g/mol. The summed E-state index contributed by atoms with van der Waals surface area (Å²) in [6.07, 6.45) is -0.110. The van der Waals surface area contributed by atoms with E-state index in [4.69, 9.17) is 5.73 Å². The first-order valence-corrected chi connectivity index (χ1v) is 9.94. The Hall–Kier alpha value is -3.37. The third-order valence-electron chi connectivity index (χ3n) is 5.16. The summed E-state index contributed by atoms with van der Waals surface area (Å²) in [5.74, 6) is -6.21. The zero-order chi connectivity index (χ0) is 23.6. The molecule has 0 saturated heterocycles. The third-order valence-corrected chi connectivity index (χ3v) is 5.16. The van der Waals surface area contributed by atoms with Crippen LogP contribution in [0.3, 0.4) is 0 Å². The third kappa shape index (κ3) is 4.92. The average Bonchev–Trinajstić information content (AvgIpc) is 2.71. The molecule has 2 aromatic rings. The molecule has 1 aliphatic rings. The van der Waals surface area contributed by atoms with Crippen molar-refractivity contribution in [3.63, 3.8) is 0 Å². The van der Waals surface area contributed by atoms with Gasteiger partial charge in [0, 0.05) is 17.7 Å². The molecule has 0 aliphatic carbocycles. The molecule has 32 heavy (non-hydrogen) atoms. The van der Waals surface area contributed by atoms with Crippen LogP contribution in [0.2, 0.25) is 0 Å². The fourth-order valence-electron chi connectivity index (χ4n) is 3.32. The normalized spacial score (nSPS) is 16.8. The van der Waals surface area contributed by atoms with Gasteiger partial charge in [0.25, 0.3) is 11.8 Å². The van der Waals surface area contributed by atoms with E-state index in [2.05, 4.69) is 10.3 Å². The standard InChI is InChI=1S/C22H24F2N4O4/c1-12(2)18-10-19(29)28(21(25)27-18)22(31,32)15-7-14(8-17(24)9-15)20(30)26-11-13-3-5-16(23)6-4-13/h3-9,12,18,31-32H,10-11H2,1-2H3,(H2,25,27)(H,26,30). The molecule has 8 nitrogen and oxygen atoms in total. The highest BCUT2D eigenvalue weighted by Gasteiger charge is 2.44. The number of benzene rings is 2. The van der Waals surface area contributed by atoms with Gasteiger partial charge in [-0.1, -0.05) is 26.0 Å². The van der Waals surface area contributed by atoms with Crippen LogP contribution in [0.25, 0.3) is 0 Å². The maximum Gasteiger partial charge on any atom is 0.284 e. The molecule has 10 heteroatoms. The predicted octanol–water partition coefficient (Wildman–Crippen LogP) is 1.56. The van der Waals surface area contributed by atoms with Gasteiger partial charge in [0.05, 0.1) is 12.5 Å². The molecule has 5 N–H and O–H groups in total. The minimum atomic E-state index is -3.03. The van der Waals surface area contributed by atoms with Crippen LogP contribution in [-0.4, -0.2) is 38.9 Å². The Labute approximate surface area is 183 Å². The number of hydrogen-bond acceptors (Lipinski definition) is 6. The summed E-state index contributed by atoms with van der Waals surface area (Å²) in [4.78, 5) is 29.7. The Bertz CT molecular complexity index is 1050. The molecule has 1 aliphatic heterocycles. The van der Waals surface area contributed by atoms with Gasteiger partial charge in [0.1, 0.15) is 11.6 Å². The van der Waals surface area contributed by atoms with E-state index in [1.807, 2.05) is 13.8 Å². The van der Waals surface area contributed by atoms with Crippen molar-refractivity contribution in [2.24, 2.45) is 16.6 Å². The molecule has 170 valence electrons. The van der Waals surface area contributed by atoms with Crippen LogP contribution in [0.4, 0.5) is 8.78 Å². The Morgan fingerprint density at radius 3 is 2.47 bits per heavy atom. The molecule has 0 fully saturated rings. The van der Waals surface area contributed by atoms with Gasteiger partial charge in [0.2, 0.25) is 11.9 Å². The Morgan fingerprint density at radius 1 is 1.22 bits per heavy atom.